The minimum absolute atomic E-state index is 0.112. The number of allylic oxidation sites excluding steroid dienone is 32. The van der Waals surface area contributed by atoms with Crippen molar-refractivity contribution in [3.63, 3.8) is 0 Å². The maximum absolute atomic E-state index is 12.9. The van der Waals surface area contributed by atoms with Gasteiger partial charge in [-0.1, -0.05) is 267 Å². The van der Waals surface area contributed by atoms with Crippen molar-refractivity contribution in [1.29, 1.82) is 0 Å². The Balaban J connectivity index is 4.35. The first kappa shape index (κ1) is 75.2. The molecule has 0 fully saturated rings. The van der Waals surface area contributed by atoms with E-state index in [-0.39, 0.29) is 37.5 Å². The molecular formula is C75H114O6. The van der Waals surface area contributed by atoms with Gasteiger partial charge in [-0.2, -0.15) is 0 Å². The van der Waals surface area contributed by atoms with Gasteiger partial charge in [0.25, 0.3) is 0 Å². The van der Waals surface area contributed by atoms with Crippen LogP contribution >= 0.6 is 0 Å². The lowest BCUT2D eigenvalue weighted by molar-refractivity contribution is -0.167. The molecule has 0 aliphatic rings. The van der Waals surface area contributed by atoms with Crippen LogP contribution in [0.2, 0.25) is 0 Å². The minimum Gasteiger partial charge on any atom is -0.462 e. The molecule has 0 bridgehead atoms. The summed E-state index contributed by atoms with van der Waals surface area (Å²) in [7, 11) is 0. The van der Waals surface area contributed by atoms with Crippen molar-refractivity contribution in [2.75, 3.05) is 13.2 Å². The van der Waals surface area contributed by atoms with Crippen LogP contribution in [0.25, 0.3) is 0 Å². The van der Waals surface area contributed by atoms with E-state index < -0.39 is 6.10 Å². The molecule has 0 heterocycles. The van der Waals surface area contributed by atoms with Crippen LogP contribution in [0.3, 0.4) is 0 Å². The molecule has 0 aromatic carbocycles. The van der Waals surface area contributed by atoms with Crippen molar-refractivity contribution >= 4 is 17.9 Å². The summed E-state index contributed by atoms with van der Waals surface area (Å²) < 4.78 is 16.8. The molecule has 0 saturated heterocycles. The minimum atomic E-state index is -0.819. The second-order valence-electron chi connectivity index (χ2n) is 20.2. The lowest BCUT2D eigenvalue weighted by Gasteiger charge is -2.18. The van der Waals surface area contributed by atoms with E-state index in [0.717, 1.165) is 167 Å². The van der Waals surface area contributed by atoms with Crippen LogP contribution in [-0.4, -0.2) is 37.2 Å². The van der Waals surface area contributed by atoms with E-state index >= 15 is 0 Å². The summed E-state index contributed by atoms with van der Waals surface area (Å²) in [5.74, 6) is -0.998. The van der Waals surface area contributed by atoms with Gasteiger partial charge in [-0.15, -0.1) is 0 Å². The van der Waals surface area contributed by atoms with Crippen molar-refractivity contribution in [3.05, 3.63) is 194 Å². The monoisotopic (exact) mass is 1110 g/mol. The number of ether oxygens (including phenoxy) is 3. The van der Waals surface area contributed by atoms with E-state index in [0.29, 0.717) is 19.3 Å². The second-order valence-corrected chi connectivity index (χ2v) is 20.2. The molecule has 0 aliphatic heterocycles. The predicted molar refractivity (Wildman–Crippen MR) is 352 cm³/mol. The third kappa shape index (κ3) is 64.9. The topological polar surface area (TPSA) is 78.9 Å². The summed E-state index contributed by atoms with van der Waals surface area (Å²) in [6.07, 6.45) is 102. The van der Waals surface area contributed by atoms with Crippen LogP contribution in [0.1, 0.15) is 239 Å². The molecule has 0 aromatic heterocycles. The van der Waals surface area contributed by atoms with Gasteiger partial charge in [-0.25, -0.2) is 0 Å². The summed E-state index contributed by atoms with van der Waals surface area (Å²) in [6.45, 7) is 6.29. The molecule has 0 radical (unpaired) electrons. The molecule has 0 spiro atoms. The first-order chi connectivity index (χ1) is 40.0. The molecular weight excluding hydrogens is 997 g/mol. The Labute approximate surface area is 497 Å². The van der Waals surface area contributed by atoms with Gasteiger partial charge in [0.1, 0.15) is 13.2 Å². The Hall–Kier alpha value is -5.75. The van der Waals surface area contributed by atoms with Crippen LogP contribution in [-0.2, 0) is 28.6 Å². The van der Waals surface area contributed by atoms with Crippen LogP contribution in [0.4, 0.5) is 0 Å². The maximum atomic E-state index is 12.9. The molecule has 0 saturated carbocycles. The van der Waals surface area contributed by atoms with E-state index in [1.807, 2.05) is 0 Å². The Bertz CT molecular complexity index is 1950. The maximum Gasteiger partial charge on any atom is 0.306 e. The molecule has 0 aliphatic carbocycles. The van der Waals surface area contributed by atoms with E-state index in [1.54, 1.807) is 0 Å². The fraction of sp³-hybridized carbons (Fsp3) is 0.533. The summed E-state index contributed by atoms with van der Waals surface area (Å²) in [5.41, 5.74) is 0. The lowest BCUT2D eigenvalue weighted by Crippen LogP contribution is -2.30. The number of unbranched alkanes of at least 4 members (excludes halogenated alkanes) is 12. The Morgan fingerprint density at radius 1 is 0.259 bits per heavy atom. The molecule has 6 heteroatoms. The van der Waals surface area contributed by atoms with Gasteiger partial charge in [-0.05, 0) is 148 Å². The van der Waals surface area contributed by atoms with E-state index in [9.17, 15) is 14.4 Å². The highest BCUT2D eigenvalue weighted by Crippen LogP contribution is 2.12. The third-order valence-corrected chi connectivity index (χ3v) is 12.6. The SMILES string of the molecule is CC/C=C\C/C=C\C/C=C\C/C=C\C/C=C\C/C=C\C/C=C\C/C=C\C/C=C\CCCCCC(=O)OCC(COC(=O)CCCCCCCCC)OC(=O)CCCCC/C=C\C/C=C\C/C=C\C/C=C\C/C=C\C/C=C\C/C=C\CC. The van der Waals surface area contributed by atoms with Gasteiger partial charge in [0.2, 0.25) is 0 Å². The highest BCUT2D eigenvalue weighted by molar-refractivity contribution is 5.71. The highest BCUT2D eigenvalue weighted by Gasteiger charge is 2.19. The van der Waals surface area contributed by atoms with Gasteiger partial charge in [0, 0.05) is 19.3 Å². The number of carbonyl (C=O) groups excluding carboxylic acids is 3. The van der Waals surface area contributed by atoms with Crippen LogP contribution in [0, 0.1) is 0 Å². The average Bonchev–Trinajstić information content (AvgIpc) is 3.46. The first-order valence-corrected chi connectivity index (χ1v) is 31.9. The van der Waals surface area contributed by atoms with Crippen molar-refractivity contribution in [3.8, 4) is 0 Å². The zero-order valence-electron chi connectivity index (χ0n) is 51.5. The van der Waals surface area contributed by atoms with Gasteiger partial charge in [0.15, 0.2) is 6.10 Å². The highest BCUT2D eigenvalue weighted by atomic mass is 16.6. The van der Waals surface area contributed by atoms with Crippen molar-refractivity contribution in [2.24, 2.45) is 0 Å². The zero-order chi connectivity index (χ0) is 58.5. The van der Waals surface area contributed by atoms with E-state index in [1.165, 1.54) is 25.7 Å². The fourth-order valence-electron chi connectivity index (χ4n) is 7.88. The number of hydrogen-bond acceptors (Lipinski definition) is 6. The summed E-state index contributed by atoms with van der Waals surface area (Å²) >= 11 is 0. The van der Waals surface area contributed by atoms with Crippen LogP contribution in [0.5, 0.6) is 0 Å². The van der Waals surface area contributed by atoms with Crippen LogP contribution in [0.15, 0.2) is 194 Å². The van der Waals surface area contributed by atoms with Gasteiger partial charge in [0.05, 0.1) is 0 Å². The summed E-state index contributed by atoms with van der Waals surface area (Å²) in [5, 5.41) is 0. The normalized spacial score (nSPS) is 13.5. The number of rotatable bonds is 55. The molecule has 81 heavy (non-hydrogen) atoms. The number of carbonyl (C=O) groups is 3. The number of esters is 3. The average molecular weight is 1110 g/mol. The first-order valence-electron chi connectivity index (χ1n) is 31.9. The molecule has 6 nitrogen and oxygen atoms in total. The molecule has 450 valence electrons. The van der Waals surface area contributed by atoms with Gasteiger partial charge >= 0.3 is 17.9 Å². The zero-order valence-corrected chi connectivity index (χ0v) is 51.5. The van der Waals surface area contributed by atoms with E-state index in [2.05, 4.69) is 215 Å². The molecule has 1 unspecified atom stereocenters. The van der Waals surface area contributed by atoms with Gasteiger partial charge in [-0.3, -0.25) is 14.4 Å². The lowest BCUT2D eigenvalue weighted by atomic mass is 10.1. The van der Waals surface area contributed by atoms with Crippen LogP contribution < -0.4 is 0 Å². The van der Waals surface area contributed by atoms with Crippen molar-refractivity contribution in [2.45, 2.75) is 245 Å². The Kier molecular flexibility index (Phi) is 62.0. The summed E-state index contributed by atoms with van der Waals surface area (Å²) in [6, 6.07) is 0. The largest absolute Gasteiger partial charge is 0.462 e. The number of hydrogen-bond donors (Lipinski definition) is 0. The molecule has 0 aromatic rings. The Morgan fingerprint density at radius 2 is 0.481 bits per heavy atom. The molecule has 0 amide bonds. The molecule has 1 atom stereocenters. The molecule has 0 rings (SSSR count). The summed E-state index contributed by atoms with van der Waals surface area (Å²) in [4.78, 5) is 38.1. The van der Waals surface area contributed by atoms with Gasteiger partial charge < -0.3 is 14.2 Å². The standard InChI is InChI=1S/C75H114O6/c1-4-7-10-13-16-18-20-22-24-26-28-30-32-34-35-36-37-38-39-41-42-44-46-48-50-52-54-56-59-62-65-68-74(77)80-71-72(70-79-73(76)67-64-61-58-15-12-9-6-3)81-75(78)69-66-63-60-57-55-53-51-49-47-45-43-40-33-31-29-27-25-23-21-19-17-14-11-8-5-2/h7-8,10-11,16-19,22-25,28-31,34-35,37-38,40-43,46-49,52-55,72H,4-6,9,12-15,20-21,26-27,32-33,36,39,44-45,50-51,56-71H2,1-3H3/b10-7-,11-8-,18-16-,19-17-,24-22-,25-23-,30-28-,31-29-,35-34-,38-37-,42-41-,43-40-,48-46-,49-47-,54-52-,55-53-. The Morgan fingerprint density at radius 3 is 0.753 bits per heavy atom. The quantitative estimate of drug-likeness (QED) is 0.0261. The fourth-order valence-corrected chi connectivity index (χ4v) is 7.88. The second kappa shape index (κ2) is 66.8. The van der Waals surface area contributed by atoms with E-state index in [4.69, 9.17) is 14.2 Å². The predicted octanol–water partition coefficient (Wildman–Crippen LogP) is 22.2. The third-order valence-electron chi connectivity index (χ3n) is 12.6. The smallest absolute Gasteiger partial charge is 0.306 e. The molecule has 0 N–H and O–H groups in total. The van der Waals surface area contributed by atoms with Crippen molar-refractivity contribution in [1.82, 2.24) is 0 Å². The van der Waals surface area contributed by atoms with Crippen molar-refractivity contribution < 1.29 is 28.6 Å².